The molecule has 0 bridgehead atoms. The SMILES string of the molecule is CCCCCC(O)CCCCCCCCCCCS(=O)(=O)[O-].[Na+]. The first kappa shape index (κ1) is 26.1. The van der Waals surface area contributed by atoms with E-state index in [1.165, 1.54) is 38.5 Å². The van der Waals surface area contributed by atoms with E-state index in [0.717, 1.165) is 44.9 Å². The third-order valence-electron chi connectivity index (χ3n) is 4.07. The number of hydrogen-bond acceptors (Lipinski definition) is 4. The van der Waals surface area contributed by atoms with Gasteiger partial charge in [-0.15, -0.1) is 0 Å². The van der Waals surface area contributed by atoms with Crippen molar-refractivity contribution >= 4 is 10.1 Å². The largest absolute Gasteiger partial charge is 1.00 e. The van der Waals surface area contributed by atoms with Crippen molar-refractivity contribution in [1.82, 2.24) is 0 Å². The summed E-state index contributed by atoms with van der Waals surface area (Å²) >= 11 is 0. The molecule has 0 fully saturated rings. The molecular formula is C17H35NaO4S. The Morgan fingerprint density at radius 1 is 0.783 bits per heavy atom. The van der Waals surface area contributed by atoms with Crippen LogP contribution in [0.2, 0.25) is 0 Å². The average Bonchev–Trinajstić information content (AvgIpc) is 2.44. The van der Waals surface area contributed by atoms with E-state index in [4.69, 9.17) is 0 Å². The maximum atomic E-state index is 10.4. The van der Waals surface area contributed by atoms with E-state index in [1.54, 1.807) is 0 Å². The van der Waals surface area contributed by atoms with Gasteiger partial charge < -0.3 is 9.66 Å². The Morgan fingerprint density at radius 2 is 1.17 bits per heavy atom. The van der Waals surface area contributed by atoms with Crippen LogP contribution in [0.5, 0.6) is 0 Å². The van der Waals surface area contributed by atoms with Crippen molar-refractivity contribution in [2.75, 3.05) is 5.75 Å². The van der Waals surface area contributed by atoms with Crippen LogP contribution in [-0.4, -0.2) is 29.9 Å². The predicted molar refractivity (Wildman–Crippen MR) is 90.9 cm³/mol. The Kier molecular flexibility index (Phi) is 20.1. The molecule has 0 aromatic heterocycles. The van der Waals surface area contributed by atoms with E-state index in [2.05, 4.69) is 6.92 Å². The fraction of sp³-hybridized carbons (Fsp3) is 1.00. The zero-order valence-corrected chi connectivity index (χ0v) is 18.1. The zero-order chi connectivity index (χ0) is 16.7. The molecule has 0 amide bonds. The van der Waals surface area contributed by atoms with Crippen LogP contribution in [0.4, 0.5) is 0 Å². The minimum absolute atomic E-state index is 0. The molecule has 6 heteroatoms. The molecule has 0 aromatic carbocycles. The summed E-state index contributed by atoms with van der Waals surface area (Å²) in [7, 11) is -4.02. The molecule has 23 heavy (non-hydrogen) atoms. The summed E-state index contributed by atoms with van der Waals surface area (Å²) in [5.74, 6) is -0.215. The van der Waals surface area contributed by atoms with Gasteiger partial charge in [-0.2, -0.15) is 0 Å². The van der Waals surface area contributed by atoms with Gasteiger partial charge in [0.05, 0.1) is 16.2 Å². The first-order valence-electron chi connectivity index (χ1n) is 9.07. The molecule has 1 atom stereocenters. The summed E-state index contributed by atoms with van der Waals surface area (Å²) in [4.78, 5) is 0. The molecule has 0 rings (SSSR count). The van der Waals surface area contributed by atoms with Gasteiger partial charge in [0.2, 0.25) is 0 Å². The first-order chi connectivity index (χ1) is 10.5. The van der Waals surface area contributed by atoms with Gasteiger partial charge in [-0.1, -0.05) is 77.6 Å². The molecule has 0 saturated heterocycles. The molecule has 0 aromatic rings. The average molecular weight is 359 g/mol. The van der Waals surface area contributed by atoms with Gasteiger partial charge in [-0.05, 0) is 19.3 Å². The Labute approximate surface area is 165 Å². The van der Waals surface area contributed by atoms with Crippen molar-refractivity contribution in [3.8, 4) is 0 Å². The van der Waals surface area contributed by atoms with Crippen LogP contribution in [0.1, 0.15) is 96.8 Å². The van der Waals surface area contributed by atoms with E-state index >= 15 is 0 Å². The molecule has 0 spiro atoms. The molecule has 0 aliphatic rings. The summed E-state index contributed by atoms with van der Waals surface area (Å²) in [6.07, 6.45) is 14.8. The van der Waals surface area contributed by atoms with Gasteiger partial charge in [0.15, 0.2) is 0 Å². The number of hydrogen-bond donors (Lipinski definition) is 1. The van der Waals surface area contributed by atoms with E-state index in [1.807, 2.05) is 0 Å². The Morgan fingerprint density at radius 3 is 1.61 bits per heavy atom. The molecule has 0 heterocycles. The summed E-state index contributed by atoms with van der Waals surface area (Å²) < 4.78 is 31.2. The van der Waals surface area contributed by atoms with Gasteiger partial charge >= 0.3 is 29.6 Å². The molecule has 0 saturated carbocycles. The van der Waals surface area contributed by atoms with Crippen LogP contribution >= 0.6 is 0 Å². The molecule has 134 valence electrons. The van der Waals surface area contributed by atoms with Crippen LogP contribution < -0.4 is 29.6 Å². The van der Waals surface area contributed by atoms with E-state index < -0.39 is 10.1 Å². The van der Waals surface area contributed by atoms with Gasteiger partial charge in [0.25, 0.3) is 0 Å². The second kappa shape index (κ2) is 17.7. The van der Waals surface area contributed by atoms with E-state index in [0.29, 0.717) is 6.42 Å². The van der Waals surface area contributed by atoms with E-state index in [9.17, 15) is 18.1 Å². The fourth-order valence-corrected chi connectivity index (χ4v) is 3.23. The molecule has 4 nitrogen and oxygen atoms in total. The van der Waals surface area contributed by atoms with Crippen LogP contribution in [0.15, 0.2) is 0 Å². The van der Waals surface area contributed by atoms with Crippen molar-refractivity contribution < 1.29 is 47.6 Å². The van der Waals surface area contributed by atoms with Gasteiger partial charge in [-0.3, -0.25) is 0 Å². The van der Waals surface area contributed by atoms with Crippen LogP contribution in [0.3, 0.4) is 0 Å². The number of aliphatic hydroxyl groups is 1. The summed E-state index contributed by atoms with van der Waals surface area (Å²) in [6, 6.07) is 0. The predicted octanol–water partition coefficient (Wildman–Crippen LogP) is 1.38. The minimum Gasteiger partial charge on any atom is -0.748 e. The van der Waals surface area contributed by atoms with Gasteiger partial charge in [-0.25, -0.2) is 8.42 Å². The molecule has 1 N–H and O–H groups in total. The Hall–Kier alpha value is 0.870. The first-order valence-corrected chi connectivity index (χ1v) is 10.6. The number of unbranched alkanes of at least 4 members (excludes halogenated alkanes) is 10. The van der Waals surface area contributed by atoms with Crippen LogP contribution in [0.25, 0.3) is 0 Å². The topological polar surface area (TPSA) is 77.4 Å². The van der Waals surface area contributed by atoms with Crippen LogP contribution in [0, 0.1) is 0 Å². The molecule has 0 aliphatic heterocycles. The van der Waals surface area contributed by atoms with Crippen molar-refractivity contribution in [3.63, 3.8) is 0 Å². The van der Waals surface area contributed by atoms with Crippen molar-refractivity contribution in [1.29, 1.82) is 0 Å². The summed E-state index contributed by atoms with van der Waals surface area (Å²) in [5.41, 5.74) is 0. The standard InChI is InChI=1S/C17H36O4S.Na/c1-2-3-11-14-17(18)15-12-9-7-5-4-6-8-10-13-16-22(19,20)21;/h17-18H,2-16H2,1H3,(H,19,20,21);/q;+1/p-1. The maximum absolute atomic E-state index is 10.4. The quantitative estimate of drug-likeness (QED) is 0.257. The third kappa shape index (κ3) is 22.9. The molecule has 0 aliphatic carbocycles. The third-order valence-corrected chi connectivity index (χ3v) is 4.86. The molecular weight excluding hydrogens is 323 g/mol. The Balaban J connectivity index is 0. The minimum atomic E-state index is -4.02. The van der Waals surface area contributed by atoms with Gasteiger partial charge in [0.1, 0.15) is 0 Å². The van der Waals surface area contributed by atoms with Crippen molar-refractivity contribution in [2.45, 2.75) is 103 Å². The summed E-state index contributed by atoms with van der Waals surface area (Å²) in [5, 5.41) is 9.79. The monoisotopic (exact) mass is 358 g/mol. The smallest absolute Gasteiger partial charge is 0.748 e. The second-order valence-corrected chi connectivity index (χ2v) is 7.91. The Bertz CT molecular complexity index is 333. The maximum Gasteiger partial charge on any atom is 1.00 e. The zero-order valence-electron chi connectivity index (χ0n) is 15.3. The van der Waals surface area contributed by atoms with Crippen LogP contribution in [-0.2, 0) is 10.1 Å². The normalized spacial score (nSPS) is 12.8. The molecule has 1 unspecified atom stereocenters. The van der Waals surface area contributed by atoms with Gasteiger partial charge in [0, 0.05) is 5.75 Å². The molecule has 0 radical (unpaired) electrons. The number of rotatable bonds is 16. The van der Waals surface area contributed by atoms with Crippen molar-refractivity contribution in [3.05, 3.63) is 0 Å². The number of aliphatic hydroxyl groups excluding tert-OH is 1. The summed E-state index contributed by atoms with van der Waals surface area (Å²) in [6.45, 7) is 2.18. The second-order valence-electron chi connectivity index (χ2n) is 6.38. The van der Waals surface area contributed by atoms with Crippen molar-refractivity contribution in [2.24, 2.45) is 0 Å². The van der Waals surface area contributed by atoms with E-state index in [-0.39, 0.29) is 41.4 Å². The fourth-order valence-electron chi connectivity index (χ4n) is 2.67.